The zero-order valence-corrected chi connectivity index (χ0v) is 12.9. The van der Waals surface area contributed by atoms with Gasteiger partial charge in [0.1, 0.15) is 11.8 Å². The van der Waals surface area contributed by atoms with E-state index in [1.54, 1.807) is 41.8 Å². The van der Waals surface area contributed by atoms with Crippen LogP contribution in [0.4, 0.5) is 13.2 Å². The molecule has 3 nitrogen and oxygen atoms in total. The van der Waals surface area contributed by atoms with Crippen LogP contribution in [-0.2, 0) is 0 Å². The Morgan fingerprint density at radius 2 is 1.79 bits per heavy atom. The Balaban J connectivity index is 2.02. The quantitative estimate of drug-likeness (QED) is 0.651. The highest BCUT2D eigenvalue weighted by molar-refractivity contribution is 7.10. The zero-order valence-electron chi connectivity index (χ0n) is 12.0. The average Bonchev–Trinajstić information content (AvgIpc) is 3.03. The number of aromatic nitrogens is 1. The predicted molar refractivity (Wildman–Crippen MR) is 84.4 cm³/mol. The molecule has 7 heteroatoms. The van der Waals surface area contributed by atoms with Gasteiger partial charge in [0, 0.05) is 16.5 Å². The van der Waals surface area contributed by atoms with E-state index in [0.717, 1.165) is 0 Å². The molecule has 0 radical (unpaired) electrons. The van der Waals surface area contributed by atoms with E-state index < -0.39 is 6.36 Å². The first-order chi connectivity index (χ1) is 11.5. The minimum Gasteiger partial charge on any atom is -0.405 e. The monoisotopic (exact) mass is 346 g/mol. The highest BCUT2D eigenvalue weighted by Crippen LogP contribution is 2.35. The number of hydrogen-bond donors (Lipinski definition) is 0. The van der Waals surface area contributed by atoms with Crippen molar-refractivity contribution >= 4 is 11.3 Å². The van der Waals surface area contributed by atoms with Crippen LogP contribution in [-0.4, -0.2) is 11.3 Å². The molecule has 0 fully saturated rings. The second-order valence-corrected chi connectivity index (χ2v) is 5.63. The van der Waals surface area contributed by atoms with Gasteiger partial charge in [0.25, 0.3) is 0 Å². The maximum atomic E-state index is 12.6. The van der Waals surface area contributed by atoms with Crippen molar-refractivity contribution in [3.8, 4) is 34.2 Å². The lowest BCUT2D eigenvalue weighted by molar-refractivity contribution is -0.274. The normalized spacial score (nSPS) is 11.1. The highest BCUT2D eigenvalue weighted by Gasteiger charge is 2.32. The second kappa shape index (κ2) is 6.34. The van der Waals surface area contributed by atoms with Gasteiger partial charge in [-0.05, 0) is 17.7 Å². The number of rotatable bonds is 3. The van der Waals surface area contributed by atoms with Crippen molar-refractivity contribution in [3.05, 3.63) is 58.9 Å². The summed E-state index contributed by atoms with van der Waals surface area (Å²) in [6, 6.07) is 14.8. The molecule has 0 unspecified atom stereocenters. The Kier molecular flexibility index (Phi) is 4.23. The van der Waals surface area contributed by atoms with Crippen molar-refractivity contribution in [1.82, 2.24) is 4.98 Å². The van der Waals surface area contributed by atoms with E-state index >= 15 is 0 Å². The highest BCUT2D eigenvalue weighted by atomic mass is 32.1. The van der Waals surface area contributed by atoms with Gasteiger partial charge in [0.15, 0.2) is 5.01 Å². The largest absolute Gasteiger partial charge is 0.573 e. The van der Waals surface area contributed by atoms with Crippen LogP contribution in [0.25, 0.3) is 22.4 Å². The van der Waals surface area contributed by atoms with Crippen LogP contribution in [0.1, 0.15) is 5.01 Å². The topological polar surface area (TPSA) is 45.9 Å². The molecule has 0 bridgehead atoms. The molecule has 3 aromatic rings. The molecule has 0 aliphatic carbocycles. The van der Waals surface area contributed by atoms with Crippen LogP contribution >= 0.6 is 11.3 Å². The lowest BCUT2D eigenvalue weighted by Crippen LogP contribution is -2.17. The van der Waals surface area contributed by atoms with Gasteiger partial charge in [-0.2, -0.15) is 5.26 Å². The van der Waals surface area contributed by atoms with E-state index in [0.29, 0.717) is 27.4 Å². The molecule has 2 aromatic carbocycles. The van der Waals surface area contributed by atoms with Crippen molar-refractivity contribution in [2.24, 2.45) is 0 Å². The van der Waals surface area contributed by atoms with Gasteiger partial charge in [-0.15, -0.1) is 24.5 Å². The number of alkyl halides is 3. The number of halogens is 3. The fraction of sp³-hybridized carbons (Fsp3) is 0.0588. The summed E-state index contributed by atoms with van der Waals surface area (Å²) in [6.45, 7) is 0. The first kappa shape index (κ1) is 16.0. The van der Waals surface area contributed by atoms with Gasteiger partial charge in [0.2, 0.25) is 0 Å². The number of nitrogens with zero attached hydrogens (tertiary/aromatic N) is 2. The summed E-state index contributed by atoms with van der Waals surface area (Å²) in [7, 11) is 0. The van der Waals surface area contributed by atoms with Crippen molar-refractivity contribution in [1.29, 1.82) is 5.26 Å². The maximum Gasteiger partial charge on any atom is 0.573 e. The van der Waals surface area contributed by atoms with Crippen LogP contribution in [0, 0.1) is 11.3 Å². The Hall–Kier alpha value is -2.85. The zero-order chi connectivity index (χ0) is 17.2. The number of ether oxygens (including phenoxy) is 1. The molecule has 1 heterocycles. The van der Waals surface area contributed by atoms with Crippen LogP contribution in [0.3, 0.4) is 0 Å². The van der Waals surface area contributed by atoms with E-state index in [9.17, 15) is 13.2 Å². The Morgan fingerprint density at radius 3 is 2.50 bits per heavy atom. The van der Waals surface area contributed by atoms with Crippen molar-refractivity contribution in [3.63, 3.8) is 0 Å². The molecule has 0 aliphatic heterocycles. The summed E-state index contributed by atoms with van der Waals surface area (Å²) in [5, 5.41) is 10.9. The fourth-order valence-electron chi connectivity index (χ4n) is 2.22. The number of hydrogen-bond acceptors (Lipinski definition) is 4. The molecule has 0 amide bonds. The summed E-state index contributed by atoms with van der Waals surface area (Å²) in [5.41, 5.74) is 2.21. The van der Waals surface area contributed by atoms with Crippen LogP contribution < -0.4 is 4.74 Å². The minimum absolute atomic E-state index is 0.266. The molecule has 3 rings (SSSR count). The third kappa shape index (κ3) is 3.55. The molecule has 0 atom stereocenters. The average molecular weight is 346 g/mol. The van der Waals surface area contributed by atoms with Gasteiger partial charge in [-0.1, -0.05) is 36.4 Å². The molecular weight excluding hydrogens is 337 g/mol. The lowest BCUT2D eigenvalue weighted by Gasteiger charge is -2.13. The van der Waals surface area contributed by atoms with E-state index in [-0.39, 0.29) is 5.75 Å². The first-order valence-corrected chi connectivity index (χ1v) is 7.65. The number of benzene rings is 2. The molecule has 0 aliphatic rings. The standard InChI is InChI=1S/C17H9F3N2OS/c18-17(19,20)23-15-7-2-1-6-13(15)11-4-3-5-12(8-11)14-10-24-16(9-21)22-14/h1-8,10H. The van der Waals surface area contributed by atoms with Crippen LogP contribution in [0.15, 0.2) is 53.9 Å². The molecule has 0 spiro atoms. The van der Waals surface area contributed by atoms with Gasteiger partial charge in [0.05, 0.1) is 5.69 Å². The molecule has 120 valence electrons. The van der Waals surface area contributed by atoms with Crippen LogP contribution in [0.2, 0.25) is 0 Å². The first-order valence-electron chi connectivity index (χ1n) is 6.77. The van der Waals surface area contributed by atoms with Gasteiger partial charge in [-0.25, -0.2) is 4.98 Å². The minimum atomic E-state index is -4.76. The van der Waals surface area contributed by atoms with E-state index in [4.69, 9.17) is 5.26 Å². The maximum absolute atomic E-state index is 12.6. The summed E-state index contributed by atoms with van der Waals surface area (Å²) >= 11 is 1.21. The summed E-state index contributed by atoms with van der Waals surface area (Å²) in [5.74, 6) is -0.266. The van der Waals surface area contributed by atoms with Gasteiger partial charge in [-0.3, -0.25) is 0 Å². The smallest absolute Gasteiger partial charge is 0.405 e. The Morgan fingerprint density at radius 1 is 1.04 bits per heavy atom. The molecule has 1 aromatic heterocycles. The van der Waals surface area contributed by atoms with E-state index in [1.165, 1.54) is 23.5 Å². The second-order valence-electron chi connectivity index (χ2n) is 4.77. The van der Waals surface area contributed by atoms with E-state index in [2.05, 4.69) is 9.72 Å². The predicted octanol–water partition coefficient (Wildman–Crippen LogP) is 5.25. The molecule has 0 saturated carbocycles. The van der Waals surface area contributed by atoms with Crippen molar-refractivity contribution in [2.75, 3.05) is 0 Å². The lowest BCUT2D eigenvalue weighted by atomic mass is 10.0. The summed E-state index contributed by atoms with van der Waals surface area (Å²) in [6.07, 6.45) is -4.76. The summed E-state index contributed by atoms with van der Waals surface area (Å²) < 4.78 is 41.8. The van der Waals surface area contributed by atoms with Gasteiger partial charge >= 0.3 is 6.36 Å². The summed E-state index contributed by atoms with van der Waals surface area (Å²) in [4.78, 5) is 4.16. The van der Waals surface area contributed by atoms with Crippen molar-refractivity contribution < 1.29 is 17.9 Å². The van der Waals surface area contributed by atoms with Gasteiger partial charge < -0.3 is 4.74 Å². The molecule has 0 saturated heterocycles. The Labute approximate surface area is 139 Å². The third-order valence-electron chi connectivity index (χ3n) is 3.18. The van der Waals surface area contributed by atoms with Crippen molar-refractivity contribution in [2.45, 2.75) is 6.36 Å². The number of thiazole rings is 1. The van der Waals surface area contributed by atoms with E-state index in [1.807, 2.05) is 6.07 Å². The SMILES string of the molecule is N#Cc1nc(-c2cccc(-c3ccccc3OC(F)(F)F)c2)cs1. The number of para-hydroxylation sites is 1. The molecule has 24 heavy (non-hydrogen) atoms. The number of nitriles is 1. The molecular formula is C17H9F3N2OS. The Bertz CT molecular complexity index is 912. The third-order valence-corrected chi connectivity index (χ3v) is 3.93. The fourth-order valence-corrected chi connectivity index (χ4v) is 2.84. The molecule has 0 N–H and O–H groups in total. The van der Waals surface area contributed by atoms with Crippen LogP contribution in [0.5, 0.6) is 5.75 Å².